The maximum atomic E-state index is 12.2. The van der Waals surface area contributed by atoms with Crippen LogP contribution >= 0.6 is 0 Å². The Morgan fingerprint density at radius 3 is 2.17 bits per heavy atom. The molecule has 1 saturated heterocycles. The van der Waals surface area contributed by atoms with Crippen molar-refractivity contribution in [1.82, 2.24) is 4.90 Å². The van der Waals surface area contributed by atoms with Gasteiger partial charge in [-0.2, -0.15) is 0 Å². The number of nitrogens with zero attached hydrogens (tertiary/aromatic N) is 1. The predicted molar refractivity (Wildman–Crippen MR) is 172 cm³/mol. The Labute approximate surface area is 250 Å². The van der Waals surface area contributed by atoms with E-state index in [9.17, 15) is 9.90 Å². The third-order valence-corrected chi connectivity index (χ3v) is 10.6. The summed E-state index contributed by atoms with van der Waals surface area (Å²) in [5, 5.41) is 11.1. The van der Waals surface area contributed by atoms with Gasteiger partial charge in [-0.25, -0.2) is 0 Å². The van der Waals surface area contributed by atoms with E-state index in [0.717, 1.165) is 38.5 Å². The zero-order chi connectivity index (χ0) is 29.9. The average molecular weight is 558 g/mol. The van der Waals surface area contributed by atoms with Crippen molar-refractivity contribution < 1.29 is 9.90 Å². The van der Waals surface area contributed by atoms with Crippen LogP contribution in [0.3, 0.4) is 0 Å². The first-order valence-corrected chi connectivity index (χ1v) is 16.4. The van der Waals surface area contributed by atoms with Crippen molar-refractivity contribution in [2.45, 2.75) is 117 Å². The molecule has 0 aromatic heterocycles. The molecular formula is C38H55NO2. The molecule has 224 valence electrons. The molecule has 5 aliphatic rings. The maximum Gasteiger partial charge on any atom is 0.156 e. The highest BCUT2D eigenvalue weighted by atomic mass is 16.3. The predicted octanol–water partition coefficient (Wildman–Crippen LogP) is 8.45. The van der Waals surface area contributed by atoms with E-state index in [4.69, 9.17) is 6.42 Å². The average Bonchev–Trinajstić information content (AvgIpc) is 3.27. The van der Waals surface area contributed by atoms with Crippen LogP contribution in [-0.2, 0) is 4.79 Å². The molecule has 4 aliphatic carbocycles. The summed E-state index contributed by atoms with van der Waals surface area (Å²) in [6.07, 6.45) is 16.3. The van der Waals surface area contributed by atoms with E-state index >= 15 is 0 Å². The van der Waals surface area contributed by atoms with E-state index in [0.29, 0.717) is 35.9 Å². The number of aliphatic hydroxyl groups is 1. The molecule has 5 unspecified atom stereocenters. The molecule has 1 heterocycles. The molecule has 2 saturated carbocycles. The van der Waals surface area contributed by atoms with Gasteiger partial charge in [0.25, 0.3) is 0 Å². The number of rotatable bonds is 2. The van der Waals surface area contributed by atoms with Gasteiger partial charge in [0.1, 0.15) is 0 Å². The number of terminal acetylenes is 1. The standard InChI is InChI=1S/C30H39NO2.C6H10.C2H6/c1-30-18-26(21-5-3-19(4-6-21)20-13-15-31(2)16-14-20)29-24-10-8-23(32)17-22(24)7-9-25(29)27(30)11-12-28(30)33;1-5-6(2,3)4;1-2/h3-6,17,20,25-28,33H,7-16,18H2,1-2H3;1H,2-4H3;1-2H3. The van der Waals surface area contributed by atoms with Gasteiger partial charge in [-0.05, 0) is 144 Å². The van der Waals surface area contributed by atoms with Gasteiger partial charge < -0.3 is 10.0 Å². The fraction of sp³-hybridized carbons (Fsp3) is 0.658. The zero-order valence-electron chi connectivity index (χ0n) is 26.9. The fourth-order valence-corrected chi connectivity index (χ4v) is 8.27. The van der Waals surface area contributed by atoms with Gasteiger partial charge in [0, 0.05) is 17.8 Å². The minimum Gasteiger partial charge on any atom is -0.393 e. The molecule has 3 fully saturated rings. The van der Waals surface area contributed by atoms with Gasteiger partial charge in [-0.1, -0.05) is 50.6 Å². The van der Waals surface area contributed by atoms with Crippen molar-refractivity contribution in [1.29, 1.82) is 0 Å². The molecule has 1 N–H and O–H groups in total. The van der Waals surface area contributed by atoms with Crippen molar-refractivity contribution in [3.05, 3.63) is 58.2 Å². The van der Waals surface area contributed by atoms with E-state index in [1.165, 1.54) is 48.2 Å². The number of benzene rings is 1. The quantitative estimate of drug-likeness (QED) is 0.371. The molecular weight excluding hydrogens is 502 g/mol. The molecule has 0 amide bonds. The van der Waals surface area contributed by atoms with E-state index in [2.05, 4.69) is 49.1 Å². The topological polar surface area (TPSA) is 40.5 Å². The lowest BCUT2D eigenvalue weighted by Gasteiger charge is -2.52. The molecule has 5 atom stereocenters. The van der Waals surface area contributed by atoms with Crippen molar-refractivity contribution >= 4 is 5.78 Å². The molecule has 6 rings (SSSR count). The number of likely N-dealkylation sites (tertiary alicyclic amines) is 1. The Balaban J connectivity index is 0.000000433. The first-order chi connectivity index (χ1) is 19.5. The number of piperidine rings is 1. The molecule has 1 aliphatic heterocycles. The molecule has 41 heavy (non-hydrogen) atoms. The molecule has 3 nitrogen and oxygen atoms in total. The second kappa shape index (κ2) is 13.0. The first kappa shape index (κ1) is 31.8. The van der Waals surface area contributed by atoms with Gasteiger partial charge >= 0.3 is 0 Å². The van der Waals surface area contributed by atoms with Crippen LogP contribution in [0.25, 0.3) is 0 Å². The summed E-state index contributed by atoms with van der Waals surface area (Å²) < 4.78 is 0. The number of carbonyl (C=O) groups is 1. The van der Waals surface area contributed by atoms with Gasteiger partial charge in [0.2, 0.25) is 0 Å². The van der Waals surface area contributed by atoms with Crippen LogP contribution in [-0.4, -0.2) is 42.0 Å². The molecule has 0 radical (unpaired) electrons. The lowest BCUT2D eigenvalue weighted by Crippen LogP contribution is -2.45. The van der Waals surface area contributed by atoms with E-state index < -0.39 is 0 Å². The second-order valence-electron chi connectivity index (χ2n) is 14.3. The van der Waals surface area contributed by atoms with Gasteiger partial charge in [0.15, 0.2) is 5.78 Å². The Hall–Kier alpha value is -2.15. The maximum absolute atomic E-state index is 12.2. The Morgan fingerprint density at radius 2 is 1.56 bits per heavy atom. The Bertz CT molecular complexity index is 1170. The van der Waals surface area contributed by atoms with E-state index in [1.807, 2.05) is 40.7 Å². The Morgan fingerprint density at radius 1 is 0.951 bits per heavy atom. The normalized spacial score (nSPS) is 31.8. The SMILES string of the molecule is C#CC(C)(C)C.CC.CN1CCC(c2ccc(C3CC4(C)C(O)CCC4C4CCC5=CC(=O)CCC5=C34)cc2)CC1. The van der Waals surface area contributed by atoms with Crippen LogP contribution < -0.4 is 0 Å². The molecule has 0 bridgehead atoms. The van der Waals surface area contributed by atoms with Crippen LogP contribution in [0.4, 0.5) is 0 Å². The van der Waals surface area contributed by atoms with Crippen LogP contribution in [0.2, 0.25) is 0 Å². The highest BCUT2D eigenvalue weighted by Crippen LogP contribution is 2.63. The summed E-state index contributed by atoms with van der Waals surface area (Å²) in [7, 11) is 2.23. The van der Waals surface area contributed by atoms with Gasteiger partial charge in [0.05, 0.1) is 6.10 Å². The summed E-state index contributed by atoms with van der Waals surface area (Å²) in [6.45, 7) is 14.8. The number of fused-ring (bicyclic) bond motifs is 4. The van der Waals surface area contributed by atoms with Crippen LogP contribution in [0.1, 0.15) is 122 Å². The van der Waals surface area contributed by atoms with Crippen molar-refractivity contribution in [3.8, 4) is 12.3 Å². The van der Waals surface area contributed by atoms with Crippen molar-refractivity contribution in [2.24, 2.45) is 22.7 Å². The number of hydrogen-bond donors (Lipinski definition) is 1. The molecule has 1 aromatic rings. The molecule has 0 spiro atoms. The van der Waals surface area contributed by atoms with Crippen LogP contribution in [0.15, 0.2) is 47.1 Å². The summed E-state index contributed by atoms with van der Waals surface area (Å²) in [5.74, 6) is 5.13. The van der Waals surface area contributed by atoms with Gasteiger partial charge in [-0.15, -0.1) is 12.3 Å². The van der Waals surface area contributed by atoms with Crippen molar-refractivity contribution in [3.63, 3.8) is 0 Å². The third kappa shape index (κ3) is 6.76. The number of ketones is 1. The summed E-state index contributed by atoms with van der Waals surface area (Å²) in [5.41, 5.74) is 7.48. The summed E-state index contributed by atoms with van der Waals surface area (Å²) in [4.78, 5) is 14.6. The van der Waals surface area contributed by atoms with E-state index in [-0.39, 0.29) is 16.9 Å². The van der Waals surface area contributed by atoms with E-state index in [1.54, 1.807) is 5.57 Å². The van der Waals surface area contributed by atoms with Crippen LogP contribution in [0.5, 0.6) is 0 Å². The third-order valence-electron chi connectivity index (χ3n) is 10.6. The lowest BCUT2D eigenvalue weighted by atomic mass is 9.53. The minimum absolute atomic E-state index is 0.0116. The summed E-state index contributed by atoms with van der Waals surface area (Å²) in [6, 6.07) is 9.60. The zero-order valence-corrected chi connectivity index (χ0v) is 26.9. The van der Waals surface area contributed by atoms with Crippen molar-refractivity contribution in [2.75, 3.05) is 20.1 Å². The van der Waals surface area contributed by atoms with Crippen LogP contribution in [0, 0.1) is 35.0 Å². The smallest absolute Gasteiger partial charge is 0.156 e. The van der Waals surface area contributed by atoms with Gasteiger partial charge in [-0.3, -0.25) is 4.79 Å². The number of aliphatic hydroxyl groups excluding tert-OH is 1. The Kier molecular flexibility index (Phi) is 10.1. The number of hydrogen-bond acceptors (Lipinski definition) is 3. The number of allylic oxidation sites excluding steroid dienone is 4. The monoisotopic (exact) mass is 557 g/mol. The fourth-order valence-electron chi connectivity index (χ4n) is 8.27. The highest BCUT2D eigenvalue weighted by Gasteiger charge is 2.56. The second-order valence-corrected chi connectivity index (χ2v) is 14.3. The summed E-state index contributed by atoms with van der Waals surface area (Å²) >= 11 is 0. The highest BCUT2D eigenvalue weighted by molar-refractivity contribution is 5.93. The molecule has 3 heteroatoms. The lowest BCUT2D eigenvalue weighted by molar-refractivity contribution is -0.114. The number of carbonyl (C=O) groups excluding carboxylic acids is 1. The minimum atomic E-state index is -0.181. The molecule has 1 aromatic carbocycles. The first-order valence-electron chi connectivity index (χ1n) is 16.4. The largest absolute Gasteiger partial charge is 0.393 e.